The van der Waals surface area contributed by atoms with Crippen LogP contribution < -0.4 is 4.72 Å². The average Bonchev–Trinajstić information content (AvgIpc) is 3.01. The van der Waals surface area contributed by atoms with Crippen LogP contribution in [0.4, 0.5) is 0 Å². The van der Waals surface area contributed by atoms with Gasteiger partial charge in [-0.3, -0.25) is 4.79 Å². The lowest BCUT2D eigenvalue weighted by molar-refractivity contribution is -0.147. The molecular formula is C18H25NO5S. The van der Waals surface area contributed by atoms with Gasteiger partial charge < -0.3 is 9.47 Å². The van der Waals surface area contributed by atoms with Crippen LogP contribution in [0, 0.1) is 12.8 Å². The lowest BCUT2D eigenvalue weighted by Crippen LogP contribution is -2.49. The third-order valence-corrected chi connectivity index (χ3v) is 5.70. The number of rotatable bonds is 8. The Morgan fingerprint density at radius 3 is 2.72 bits per heavy atom. The zero-order valence-electron chi connectivity index (χ0n) is 14.6. The molecule has 1 heterocycles. The number of hydrogen-bond donors (Lipinski definition) is 1. The van der Waals surface area contributed by atoms with Crippen LogP contribution in [0.2, 0.25) is 0 Å². The summed E-state index contributed by atoms with van der Waals surface area (Å²) in [4.78, 5) is 12.5. The van der Waals surface area contributed by atoms with E-state index in [9.17, 15) is 13.2 Å². The van der Waals surface area contributed by atoms with Gasteiger partial charge in [-0.15, -0.1) is 6.58 Å². The molecule has 0 saturated carbocycles. The minimum absolute atomic E-state index is 0.117. The number of esters is 1. The second-order valence-electron chi connectivity index (χ2n) is 6.05. The maximum atomic E-state index is 12.7. The Labute approximate surface area is 149 Å². The molecule has 1 saturated heterocycles. The van der Waals surface area contributed by atoms with Gasteiger partial charge in [0.1, 0.15) is 6.04 Å². The quantitative estimate of drug-likeness (QED) is 0.563. The highest BCUT2D eigenvalue weighted by Gasteiger charge is 2.41. The van der Waals surface area contributed by atoms with E-state index in [0.717, 1.165) is 5.56 Å². The smallest absolute Gasteiger partial charge is 0.324 e. The molecule has 7 heteroatoms. The highest BCUT2D eigenvalue weighted by molar-refractivity contribution is 7.89. The number of carbonyl (C=O) groups excluding carboxylic acids is 1. The zero-order valence-corrected chi connectivity index (χ0v) is 15.4. The Hall–Kier alpha value is -1.70. The third-order valence-electron chi connectivity index (χ3n) is 4.24. The standard InChI is InChI=1S/C18H25NO5S/c1-4-6-16-15(11-12-24-16)17(18(20)23-5-2)19-25(21,22)14-9-7-13(3)8-10-14/h4,7-10,15-17,19H,1,5-6,11-12H2,2-3H3. The van der Waals surface area contributed by atoms with E-state index < -0.39 is 22.0 Å². The van der Waals surface area contributed by atoms with Gasteiger partial charge >= 0.3 is 5.97 Å². The number of ether oxygens (including phenoxy) is 2. The maximum absolute atomic E-state index is 12.7. The van der Waals surface area contributed by atoms with Crippen LogP contribution in [0.1, 0.15) is 25.3 Å². The van der Waals surface area contributed by atoms with Gasteiger partial charge in [-0.2, -0.15) is 4.72 Å². The summed E-state index contributed by atoms with van der Waals surface area (Å²) in [6.45, 7) is 7.92. The third kappa shape index (κ3) is 4.90. The van der Waals surface area contributed by atoms with Crippen molar-refractivity contribution in [1.29, 1.82) is 0 Å². The molecule has 0 aliphatic carbocycles. The molecule has 1 aromatic rings. The van der Waals surface area contributed by atoms with Crippen molar-refractivity contribution in [3.63, 3.8) is 0 Å². The minimum atomic E-state index is -3.85. The SMILES string of the molecule is C=CCC1OCCC1C(NS(=O)(=O)c1ccc(C)cc1)C(=O)OCC. The van der Waals surface area contributed by atoms with Crippen LogP contribution in [0.15, 0.2) is 41.8 Å². The normalized spacial score (nSPS) is 21.7. The molecule has 0 bridgehead atoms. The van der Waals surface area contributed by atoms with Crippen LogP contribution in [0.25, 0.3) is 0 Å². The maximum Gasteiger partial charge on any atom is 0.324 e. The van der Waals surface area contributed by atoms with Crippen molar-refractivity contribution < 1.29 is 22.7 Å². The van der Waals surface area contributed by atoms with Gasteiger partial charge in [-0.05, 0) is 38.8 Å². The molecule has 2 rings (SSSR count). The molecule has 25 heavy (non-hydrogen) atoms. The van der Waals surface area contributed by atoms with Crippen LogP contribution in [0.5, 0.6) is 0 Å². The van der Waals surface area contributed by atoms with Crippen molar-refractivity contribution in [1.82, 2.24) is 4.72 Å². The molecule has 1 N–H and O–H groups in total. The molecule has 1 aromatic carbocycles. The van der Waals surface area contributed by atoms with E-state index in [-0.39, 0.29) is 23.5 Å². The highest BCUT2D eigenvalue weighted by Crippen LogP contribution is 2.28. The van der Waals surface area contributed by atoms with Crippen molar-refractivity contribution in [2.75, 3.05) is 13.2 Å². The first-order chi connectivity index (χ1) is 11.9. The van der Waals surface area contributed by atoms with E-state index >= 15 is 0 Å². The van der Waals surface area contributed by atoms with Gasteiger partial charge in [0.05, 0.1) is 17.6 Å². The first-order valence-electron chi connectivity index (χ1n) is 8.37. The lowest BCUT2D eigenvalue weighted by Gasteiger charge is -2.26. The fourth-order valence-electron chi connectivity index (χ4n) is 2.95. The number of sulfonamides is 1. The lowest BCUT2D eigenvalue weighted by atomic mass is 9.91. The summed E-state index contributed by atoms with van der Waals surface area (Å²) < 4.78 is 38.7. The monoisotopic (exact) mass is 367 g/mol. The fraction of sp³-hybridized carbons (Fsp3) is 0.500. The predicted octanol–water partition coefficient (Wildman–Crippen LogP) is 2.19. The van der Waals surface area contributed by atoms with Crippen LogP contribution in [0.3, 0.4) is 0 Å². The van der Waals surface area contributed by atoms with Gasteiger partial charge in [0.15, 0.2) is 0 Å². The summed E-state index contributed by atoms with van der Waals surface area (Å²) in [5.74, 6) is -0.875. The van der Waals surface area contributed by atoms with Gasteiger partial charge in [0, 0.05) is 12.5 Å². The topological polar surface area (TPSA) is 81.7 Å². The van der Waals surface area contributed by atoms with Crippen LogP contribution in [-0.4, -0.2) is 39.7 Å². The Bertz CT molecular complexity index is 699. The van der Waals surface area contributed by atoms with E-state index in [1.165, 1.54) is 12.1 Å². The molecule has 1 aliphatic rings. The van der Waals surface area contributed by atoms with Crippen molar-refractivity contribution >= 4 is 16.0 Å². The molecule has 3 atom stereocenters. The van der Waals surface area contributed by atoms with Crippen LogP contribution >= 0.6 is 0 Å². The first kappa shape index (κ1) is 19.6. The minimum Gasteiger partial charge on any atom is -0.465 e. The molecule has 138 valence electrons. The number of carbonyl (C=O) groups is 1. The largest absolute Gasteiger partial charge is 0.465 e. The van der Waals surface area contributed by atoms with Gasteiger partial charge in [0.25, 0.3) is 0 Å². The Balaban J connectivity index is 2.27. The number of nitrogens with one attached hydrogen (secondary N) is 1. The first-order valence-corrected chi connectivity index (χ1v) is 9.85. The summed E-state index contributed by atoms with van der Waals surface area (Å²) in [5.41, 5.74) is 0.955. The number of benzene rings is 1. The van der Waals surface area contributed by atoms with Gasteiger partial charge in [-0.25, -0.2) is 8.42 Å². The van der Waals surface area contributed by atoms with Crippen molar-refractivity contribution in [2.24, 2.45) is 5.92 Å². The molecule has 0 spiro atoms. The summed E-state index contributed by atoms with van der Waals surface area (Å²) in [6, 6.07) is 5.48. The number of hydrogen-bond acceptors (Lipinski definition) is 5. The van der Waals surface area contributed by atoms with E-state index in [4.69, 9.17) is 9.47 Å². The summed E-state index contributed by atoms with van der Waals surface area (Å²) in [7, 11) is -3.85. The predicted molar refractivity (Wildman–Crippen MR) is 94.6 cm³/mol. The zero-order chi connectivity index (χ0) is 18.4. The second kappa shape index (κ2) is 8.60. The fourth-order valence-corrected chi connectivity index (χ4v) is 4.18. The van der Waals surface area contributed by atoms with Crippen LogP contribution in [-0.2, 0) is 24.3 Å². The average molecular weight is 367 g/mol. The molecule has 6 nitrogen and oxygen atoms in total. The molecule has 3 unspecified atom stereocenters. The van der Waals surface area contributed by atoms with E-state index in [1.54, 1.807) is 25.1 Å². The number of aryl methyl sites for hydroxylation is 1. The summed E-state index contributed by atoms with van der Waals surface area (Å²) >= 11 is 0. The van der Waals surface area contributed by atoms with Crippen molar-refractivity contribution in [3.8, 4) is 0 Å². The van der Waals surface area contributed by atoms with Gasteiger partial charge in [-0.1, -0.05) is 23.8 Å². The molecular weight excluding hydrogens is 342 g/mol. The molecule has 0 radical (unpaired) electrons. The summed E-state index contributed by atoms with van der Waals surface area (Å²) in [5, 5.41) is 0. The van der Waals surface area contributed by atoms with Crippen molar-refractivity contribution in [3.05, 3.63) is 42.5 Å². The molecule has 0 aromatic heterocycles. The highest BCUT2D eigenvalue weighted by atomic mass is 32.2. The van der Waals surface area contributed by atoms with Gasteiger partial charge in [0.2, 0.25) is 10.0 Å². The summed E-state index contributed by atoms with van der Waals surface area (Å²) in [6.07, 6.45) is 2.58. The van der Waals surface area contributed by atoms with E-state index in [1.807, 2.05) is 6.92 Å². The molecule has 1 fully saturated rings. The second-order valence-corrected chi connectivity index (χ2v) is 7.76. The Morgan fingerprint density at radius 1 is 1.44 bits per heavy atom. The molecule has 1 aliphatic heterocycles. The Kier molecular flexibility index (Phi) is 6.75. The Morgan fingerprint density at radius 2 is 2.12 bits per heavy atom. The van der Waals surface area contributed by atoms with Crippen molar-refractivity contribution in [2.45, 2.75) is 43.7 Å². The van der Waals surface area contributed by atoms with E-state index in [0.29, 0.717) is 19.4 Å². The molecule has 0 amide bonds. The van der Waals surface area contributed by atoms with E-state index in [2.05, 4.69) is 11.3 Å².